The third-order valence-corrected chi connectivity index (χ3v) is 4.64. The van der Waals surface area contributed by atoms with Crippen LogP contribution in [0.3, 0.4) is 0 Å². The summed E-state index contributed by atoms with van der Waals surface area (Å²) in [4.78, 5) is 21.4. The summed E-state index contributed by atoms with van der Waals surface area (Å²) in [5.41, 5.74) is 2.63. The summed E-state index contributed by atoms with van der Waals surface area (Å²) in [6.07, 6.45) is 2.71. The molecule has 0 fully saturated rings. The highest BCUT2D eigenvalue weighted by Crippen LogP contribution is 2.15. The summed E-state index contributed by atoms with van der Waals surface area (Å²) in [5.74, 6) is 1.26. The molecule has 0 radical (unpaired) electrons. The minimum Gasteiger partial charge on any atom is -0.350 e. The lowest BCUT2D eigenvalue weighted by Gasteiger charge is -2.19. The summed E-state index contributed by atoms with van der Waals surface area (Å²) in [6.45, 7) is 4.21. The van der Waals surface area contributed by atoms with Gasteiger partial charge in [-0.1, -0.05) is 29.8 Å². The van der Waals surface area contributed by atoms with Crippen LogP contribution in [0.5, 0.6) is 0 Å². The van der Waals surface area contributed by atoms with Crippen molar-refractivity contribution in [3.8, 4) is 0 Å². The zero-order valence-electron chi connectivity index (χ0n) is 14.7. The molecule has 0 saturated heterocycles. The van der Waals surface area contributed by atoms with Crippen LogP contribution in [0, 0.1) is 13.8 Å². The van der Waals surface area contributed by atoms with E-state index in [-0.39, 0.29) is 5.91 Å². The van der Waals surface area contributed by atoms with Crippen molar-refractivity contribution in [2.75, 3.05) is 17.3 Å². The highest BCUT2D eigenvalue weighted by Gasteiger charge is 2.19. The molecule has 1 amide bonds. The molecule has 0 aliphatic rings. The largest absolute Gasteiger partial charge is 0.350 e. The Bertz CT molecular complexity index is 706. The van der Waals surface area contributed by atoms with E-state index >= 15 is 0 Å². The van der Waals surface area contributed by atoms with Crippen molar-refractivity contribution < 1.29 is 4.79 Å². The maximum absolute atomic E-state index is 12.6. The van der Waals surface area contributed by atoms with Crippen molar-refractivity contribution in [2.45, 2.75) is 32.9 Å². The molecule has 1 aromatic carbocycles. The maximum atomic E-state index is 12.6. The van der Waals surface area contributed by atoms with Crippen LogP contribution in [0.4, 0.5) is 5.95 Å². The second kappa shape index (κ2) is 9.63. The molecule has 0 unspecified atom stereocenters. The Morgan fingerprint density at radius 3 is 2.56 bits per heavy atom. The Morgan fingerprint density at radius 2 is 1.92 bits per heavy atom. The third-order valence-electron chi connectivity index (χ3n) is 3.62. The number of carbonyl (C=O) groups excluding carboxylic acids is 1. The van der Waals surface area contributed by atoms with E-state index in [2.05, 4.69) is 20.6 Å². The number of nitrogens with one attached hydrogen (secondary N) is 2. The van der Waals surface area contributed by atoms with Gasteiger partial charge in [0.1, 0.15) is 6.04 Å². The normalized spacial score (nSPS) is 11.8. The number of rotatable bonds is 8. The zero-order chi connectivity index (χ0) is 18.2. The number of halogens is 1. The van der Waals surface area contributed by atoms with Crippen LogP contribution < -0.4 is 10.6 Å². The van der Waals surface area contributed by atoms with E-state index in [9.17, 15) is 4.79 Å². The minimum absolute atomic E-state index is 0.0864. The van der Waals surface area contributed by atoms with Gasteiger partial charge in [-0.3, -0.25) is 4.79 Å². The van der Waals surface area contributed by atoms with Crippen LogP contribution in [0.2, 0.25) is 5.02 Å². The fourth-order valence-electron chi connectivity index (χ4n) is 2.40. The van der Waals surface area contributed by atoms with E-state index in [1.165, 1.54) is 0 Å². The Hall–Kier alpha value is -1.79. The first-order valence-electron chi connectivity index (χ1n) is 8.08. The molecule has 0 saturated carbocycles. The predicted molar refractivity (Wildman–Crippen MR) is 105 cm³/mol. The van der Waals surface area contributed by atoms with Crippen molar-refractivity contribution in [3.05, 3.63) is 52.3 Å². The number of aryl methyl sites for hydroxylation is 2. The van der Waals surface area contributed by atoms with Gasteiger partial charge >= 0.3 is 0 Å². The van der Waals surface area contributed by atoms with Crippen LogP contribution in [-0.2, 0) is 11.3 Å². The topological polar surface area (TPSA) is 66.9 Å². The highest BCUT2D eigenvalue weighted by atomic mass is 35.5. The van der Waals surface area contributed by atoms with Gasteiger partial charge in [0.2, 0.25) is 11.9 Å². The van der Waals surface area contributed by atoms with Crippen molar-refractivity contribution in [1.29, 1.82) is 0 Å². The molecule has 0 aliphatic carbocycles. The molecule has 7 heteroatoms. The summed E-state index contributed by atoms with van der Waals surface area (Å²) >= 11 is 7.84. The lowest BCUT2D eigenvalue weighted by Crippen LogP contribution is -2.40. The number of aromatic nitrogens is 2. The molecule has 1 aromatic heterocycles. The Morgan fingerprint density at radius 1 is 1.24 bits per heavy atom. The van der Waals surface area contributed by atoms with Gasteiger partial charge in [-0.05, 0) is 50.0 Å². The number of benzene rings is 1. The fraction of sp³-hybridized carbons (Fsp3) is 0.389. The Balaban J connectivity index is 2.04. The van der Waals surface area contributed by atoms with E-state index in [0.717, 1.165) is 22.7 Å². The van der Waals surface area contributed by atoms with Gasteiger partial charge in [-0.15, -0.1) is 0 Å². The lowest BCUT2D eigenvalue weighted by molar-refractivity contribution is -0.122. The van der Waals surface area contributed by atoms with Gasteiger partial charge in [0, 0.05) is 23.0 Å². The first-order chi connectivity index (χ1) is 12.0. The van der Waals surface area contributed by atoms with Gasteiger partial charge in [0.05, 0.1) is 0 Å². The molecule has 2 aromatic rings. The van der Waals surface area contributed by atoms with Crippen molar-refractivity contribution in [2.24, 2.45) is 0 Å². The number of carbonyl (C=O) groups is 1. The summed E-state index contributed by atoms with van der Waals surface area (Å²) in [6, 6.07) is 9.00. The van der Waals surface area contributed by atoms with Gasteiger partial charge in [-0.2, -0.15) is 11.8 Å². The molecule has 5 nitrogen and oxygen atoms in total. The first-order valence-corrected chi connectivity index (χ1v) is 9.85. The van der Waals surface area contributed by atoms with Crippen molar-refractivity contribution >= 4 is 35.2 Å². The van der Waals surface area contributed by atoms with Gasteiger partial charge < -0.3 is 10.6 Å². The van der Waals surface area contributed by atoms with E-state index in [0.29, 0.717) is 23.9 Å². The SMILES string of the molecule is CSCC[C@H](Nc1nc(C)cc(C)n1)C(=O)NCc1ccccc1Cl. The molecule has 0 spiro atoms. The number of anilines is 1. The van der Waals surface area contributed by atoms with Crippen LogP contribution in [0.1, 0.15) is 23.4 Å². The van der Waals surface area contributed by atoms with Crippen LogP contribution in [0.25, 0.3) is 0 Å². The molecule has 25 heavy (non-hydrogen) atoms. The lowest BCUT2D eigenvalue weighted by atomic mass is 10.2. The zero-order valence-corrected chi connectivity index (χ0v) is 16.2. The Kier molecular flexibility index (Phi) is 7.52. The van der Waals surface area contributed by atoms with E-state index in [1.807, 2.05) is 50.4 Å². The molecule has 0 aliphatic heterocycles. The number of nitrogens with zero attached hydrogens (tertiary/aromatic N) is 2. The second-order valence-corrected chi connectivity index (χ2v) is 7.15. The summed E-state index contributed by atoms with van der Waals surface area (Å²) < 4.78 is 0. The molecule has 1 heterocycles. The van der Waals surface area contributed by atoms with E-state index in [1.54, 1.807) is 11.8 Å². The van der Waals surface area contributed by atoms with Gasteiger partial charge in [-0.25, -0.2) is 9.97 Å². The van der Waals surface area contributed by atoms with Gasteiger partial charge in [0.15, 0.2) is 0 Å². The maximum Gasteiger partial charge on any atom is 0.242 e. The Labute approximate surface area is 158 Å². The number of thioether (sulfide) groups is 1. The number of hydrogen-bond donors (Lipinski definition) is 2. The number of hydrogen-bond acceptors (Lipinski definition) is 5. The number of amides is 1. The quantitative estimate of drug-likeness (QED) is 0.734. The molecule has 0 bridgehead atoms. The average Bonchev–Trinajstić information content (AvgIpc) is 2.56. The molecule has 2 N–H and O–H groups in total. The van der Waals surface area contributed by atoms with Gasteiger partial charge in [0.25, 0.3) is 0 Å². The minimum atomic E-state index is -0.392. The standard InChI is InChI=1S/C18H23ClN4OS/c1-12-10-13(2)22-18(21-12)23-16(8-9-25-3)17(24)20-11-14-6-4-5-7-15(14)19/h4-7,10,16H,8-9,11H2,1-3H3,(H,20,24)(H,21,22,23)/t16-/m0/s1. The van der Waals surface area contributed by atoms with E-state index in [4.69, 9.17) is 11.6 Å². The van der Waals surface area contributed by atoms with E-state index < -0.39 is 6.04 Å². The molecular weight excluding hydrogens is 356 g/mol. The highest BCUT2D eigenvalue weighted by molar-refractivity contribution is 7.98. The smallest absolute Gasteiger partial charge is 0.242 e. The van der Waals surface area contributed by atoms with Crippen LogP contribution in [0.15, 0.2) is 30.3 Å². The second-order valence-electron chi connectivity index (χ2n) is 5.76. The van der Waals surface area contributed by atoms with Crippen LogP contribution in [-0.4, -0.2) is 33.9 Å². The fourth-order valence-corrected chi connectivity index (χ4v) is 3.07. The van der Waals surface area contributed by atoms with Crippen molar-refractivity contribution in [3.63, 3.8) is 0 Å². The molecule has 1 atom stereocenters. The molecular formula is C18H23ClN4OS. The predicted octanol–water partition coefficient (Wildman–Crippen LogP) is 3.60. The summed E-state index contributed by atoms with van der Waals surface area (Å²) in [5, 5.41) is 6.76. The van der Waals surface area contributed by atoms with Crippen molar-refractivity contribution in [1.82, 2.24) is 15.3 Å². The average molecular weight is 379 g/mol. The third kappa shape index (κ3) is 6.21. The summed E-state index contributed by atoms with van der Waals surface area (Å²) in [7, 11) is 0. The molecule has 2 rings (SSSR count). The monoisotopic (exact) mass is 378 g/mol. The molecule has 134 valence electrons. The van der Waals surface area contributed by atoms with Crippen LogP contribution >= 0.6 is 23.4 Å². The first kappa shape index (κ1) is 19.5.